The van der Waals surface area contributed by atoms with Crippen molar-refractivity contribution in [1.29, 1.82) is 0 Å². The summed E-state index contributed by atoms with van der Waals surface area (Å²) >= 11 is 12.2. The molecule has 3 unspecified atom stereocenters. The van der Waals surface area contributed by atoms with E-state index < -0.39 is 44.3 Å². The molecule has 0 saturated heterocycles. The summed E-state index contributed by atoms with van der Waals surface area (Å²) in [7, 11) is -4.10. The van der Waals surface area contributed by atoms with Gasteiger partial charge in [0.1, 0.15) is 17.5 Å². The Labute approximate surface area is 187 Å². The third-order valence-corrected chi connectivity index (χ3v) is 7.36. The summed E-state index contributed by atoms with van der Waals surface area (Å²) < 4.78 is 36.3. The average molecular weight is 471 g/mol. The van der Waals surface area contributed by atoms with Crippen LogP contribution < -0.4 is 0 Å². The summed E-state index contributed by atoms with van der Waals surface area (Å²) in [6.45, 7) is 5.68. The van der Waals surface area contributed by atoms with E-state index in [1.54, 1.807) is 12.1 Å². The van der Waals surface area contributed by atoms with E-state index in [1.165, 1.54) is 12.1 Å². The lowest BCUT2D eigenvalue weighted by atomic mass is 10.1. The van der Waals surface area contributed by atoms with E-state index in [-0.39, 0.29) is 11.5 Å². The summed E-state index contributed by atoms with van der Waals surface area (Å²) in [4.78, 5) is 11.6. The fraction of sp³-hybridized carbons (Fsp3) is 0.409. The second-order valence-electron chi connectivity index (χ2n) is 8.08. The fourth-order valence-electron chi connectivity index (χ4n) is 3.72. The van der Waals surface area contributed by atoms with Gasteiger partial charge in [-0.15, -0.1) is 23.2 Å². The van der Waals surface area contributed by atoms with Crippen LogP contribution >= 0.6 is 23.2 Å². The van der Waals surface area contributed by atoms with E-state index in [9.17, 15) is 13.2 Å². The van der Waals surface area contributed by atoms with Gasteiger partial charge in [-0.1, -0.05) is 61.9 Å². The van der Waals surface area contributed by atoms with E-state index in [1.807, 2.05) is 51.1 Å². The maximum Gasteiger partial charge on any atom is 0.310 e. The second-order valence-corrected chi connectivity index (χ2v) is 10.8. The van der Waals surface area contributed by atoms with Gasteiger partial charge in [0, 0.05) is 5.92 Å². The van der Waals surface area contributed by atoms with Crippen LogP contribution in [0.15, 0.2) is 59.5 Å². The number of carbonyl (C=O) groups is 1. The van der Waals surface area contributed by atoms with Crippen LogP contribution in [0, 0.1) is 24.2 Å². The normalized spacial score (nSPS) is 21.3. The minimum atomic E-state index is -4.10. The Morgan fingerprint density at radius 3 is 2.23 bits per heavy atom. The summed E-state index contributed by atoms with van der Waals surface area (Å²) in [6.07, 6.45) is -1.08. The maximum atomic E-state index is 12.7. The van der Waals surface area contributed by atoms with Gasteiger partial charge in [-0.3, -0.25) is 8.98 Å². The molecule has 5 nitrogen and oxygen atoms in total. The van der Waals surface area contributed by atoms with E-state index >= 15 is 0 Å². The van der Waals surface area contributed by atoms with Crippen molar-refractivity contribution in [2.75, 3.05) is 0 Å². The molecular weight excluding hydrogens is 447 g/mol. The molecule has 162 valence electrons. The van der Waals surface area contributed by atoms with Crippen molar-refractivity contribution in [1.82, 2.24) is 0 Å². The average Bonchev–Trinajstić information content (AvgIpc) is 3.26. The molecule has 8 heteroatoms. The standard InChI is InChI=1S/C22H24Cl2O5S/c1-14-9-11-16(12-10-14)30(26,27)29-19(20(23)24)17-18(22(17,2)3)21(25)28-13-15-7-5-4-6-8-15/h4-12,17-20H,13H2,1-3H3. The lowest BCUT2D eigenvalue weighted by Crippen LogP contribution is -2.29. The molecule has 1 fully saturated rings. The highest BCUT2D eigenvalue weighted by atomic mass is 35.5. The number of aryl methyl sites for hydroxylation is 1. The van der Waals surface area contributed by atoms with Crippen molar-refractivity contribution in [2.45, 2.75) is 43.2 Å². The van der Waals surface area contributed by atoms with Gasteiger partial charge in [0.05, 0.1) is 10.8 Å². The summed E-state index contributed by atoms with van der Waals surface area (Å²) in [6, 6.07) is 15.6. The quantitative estimate of drug-likeness (QED) is 0.312. The van der Waals surface area contributed by atoms with Crippen molar-refractivity contribution >= 4 is 39.3 Å². The molecule has 0 bridgehead atoms. The first-order valence-electron chi connectivity index (χ1n) is 9.52. The molecule has 0 radical (unpaired) electrons. The molecule has 2 aromatic rings. The van der Waals surface area contributed by atoms with Crippen LogP contribution in [0.4, 0.5) is 0 Å². The molecule has 0 spiro atoms. The van der Waals surface area contributed by atoms with Crippen LogP contribution in [0.3, 0.4) is 0 Å². The third-order valence-electron chi connectivity index (χ3n) is 5.54. The topological polar surface area (TPSA) is 69.7 Å². The van der Waals surface area contributed by atoms with Gasteiger partial charge in [0.15, 0.2) is 0 Å². The third kappa shape index (κ3) is 4.99. The van der Waals surface area contributed by atoms with E-state index in [4.69, 9.17) is 32.1 Å². The van der Waals surface area contributed by atoms with Gasteiger partial charge in [-0.25, -0.2) is 0 Å². The highest BCUT2D eigenvalue weighted by Crippen LogP contribution is 2.62. The summed E-state index contributed by atoms with van der Waals surface area (Å²) in [5.41, 5.74) is 1.22. The molecule has 0 aliphatic heterocycles. The second kappa shape index (κ2) is 8.87. The number of rotatable bonds is 8. The number of carbonyl (C=O) groups excluding carboxylic acids is 1. The Hall–Kier alpha value is -1.60. The Bertz CT molecular complexity index is 988. The van der Waals surface area contributed by atoms with Crippen molar-refractivity contribution in [2.24, 2.45) is 17.3 Å². The number of alkyl halides is 2. The van der Waals surface area contributed by atoms with Gasteiger partial charge in [0.25, 0.3) is 10.1 Å². The minimum Gasteiger partial charge on any atom is -0.461 e. The zero-order valence-electron chi connectivity index (χ0n) is 16.9. The summed E-state index contributed by atoms with van der Waals surface area (Å²) in [5, 5.41) is 0. The monoisotopic (exact) mass is 470 g/mol. The number of benzene rings is 2. The van der Waals surface area contributed by atoms with Crippen LogP contribution in [-0.4, -0.2) is 25.3 Å². The predicted octanol–water partition coefficient (Wildman–Crippen LogP) is 4.89. The molecule has 3 atom stereocenters. The molecule has 1 aliphatic rings. The molecule has 1 aliphatic carbocycles. The molecule has 0 N–H and O–H groups in total. The fourth-order valence-corrected chi connectivity index (χ4v) is 5.37. The molecule has 0 heterocycles. The molecule has 30 heavy (non-hydrogen) atoms. The van der Waals surface area contributed by atoms with Crippen molar-refractivity contribution in [3.63, 3.8) is 0 Å². The van der Waals surface area contributed by atoms with Crippen LogP contribution in [0.25, 0.3) is 0 Å². The highest BCUT2D eigenvalue weighted by molar-refractivity contribution is 7.86. The van der Waals surface area contributed by atoms with Gasteiger partial charge in [-0.05, 0) is 30.0 Å². The SMILES string of the molecule is Cc1ccc(S(=O)(=O)OC(C(Cl)Cl)C2C(C(=O)OCc3ccccc3)C2(C)C)cc1. The first kappa shape index (κ1) is 23.1. The Morgan fingerprint density at radius 2 is 1.67 bits per heavy atom. The number of hydrogen-bond donors (Lipinski definition) is 0. The number of hydrogen-bond acceptors (Lipinski definition) is 5. The zero-order valence-corrected chi connectivity index (χ0v) is 19.2. The van der Waals surface area contributed by atoms with Crippen molar-refractivity contribution in [3.05, 3.63) is 65.7 Å². The van der Waals surface area contributed by atoms with Crippen LogP contribution in [0.1, 0.15) is 25.0 Å². The maximum absolute atomic E-state index is 12.7. The highest BCUT2D eigenvalue weighted by Gasteiger charge is 2.67. The van der Waals surface area contributed by atoms with Gasteiger partial charge in [0.2, 0.25) is 0 Å². The predicted molar refractivity (Wildman–Crippen MR) is 116 cm³/mol. The Balaban J connectivity index is 1.73. The van der Waals surface area contributed by atoms with Crippen molar-refractivity contribution in [3.8, 4) is 0 Å². The van der Waals surface area contributed by atoms with Crippen LogP contribution in [0.2, 0.25) is 0 Å². The number of esters is 1. The first-order chi connectivity index (χ1) is 14.0. The Kier molecular flexibility index (Phi) is 6.82. The van der Waals surface area contributed by atoms with E-state index in [0.717, 1.165) is 11.1 Å². The van der Waals surface area contributed by atoms with Gasteiger partial charge < -0.3 is 4.74 Å². The summed E-state index contributed by atoms with van der Waals surface area (Å²) in [5.74, 6) is -1.50. The first-order valence-corrected chi connectivity index (χ1v) is 11.8. The molecule has 0 aromatic heterocycles. The molecular formula is C22H24Cl2O5S. The van der Waals surface area contributed by atoms with Gasteiger partial charge in [-0.2, -0.15) is 8.42 Å². The number of halogens is 2. The van der Waals surface area contributed by atoms with E-state index in [2.05, 4.69) is 0 Å². The van der Waals surface area contributed by atoms with E-state index in [0.29, 0.717) is 0 Å². The lowest BCUT2D eigenvalue weighted by Gasteiger charge is -2.20. The molecule has 0 amide bonds. The molecule has 1 saturated carbocycles. The molecule has 2 aromatic carbocycles. The van der Waals surface area contributed by atoms with Crippen LogP contribution in [0.5, 0.6) is 0 Å². The van der Waals surface area contributed by atoms with Crippen LogP contribution in [-0.2, 0) is 30.4 Å². The number of ether oxygens (including phenoxy) is 1. The van der Waals surface area contributed by atoms with Gasteiger partial charge >= 0.3 is 5.97 Å². The minimum absolute atomic E-state index is 0.00810. The zero-order chi connectivity index (χ0) is 22.1. The Morgan fingerprint density at radius 1 is 1.07 bits per heavy atom. The van der Waals surface area contributed by atoms with Crippen molar-refractivity contribution < 1.29 is 22.1 Å². The smallest absolute Gasteiger partial charge is 0.310 e. The largest absolute Gasteiger partial charge is 0.461 e. The molecule has 3 rings (SSSR count). The lowest BCUT2D eigenvalue weighted by molar-refractivity contribution is -0.147.